The lowest BCUT2D eigenvalue weighted by atomic mass is 10.1. The standard InChI is InChI=1S/C24H15BrI2N2O5/c25-17-8-16-9-21(34-22(16)19(27)10-17)23(30)29-28-11-14-3-6-20(18(26)7-14)33-12-13-1-4-15(5-2-13)24(31)32/h1-11H,12H2,(H,29,30)(H,31,32)/b28-11-. The summed E-state index contributed by atoms with van der Waals surface area (Å²) in [6.07, 6.45) is 1.54. The van der Waals surface area contributed by atoms with Gasteiger partial charge in [-0.15, -0.1) is 0 Å². The number of amides is 1. The Kier molecular flexibility index (Phi) is 7.88. The monoisotopic (exact) mass is 744 g/mol. The van der Waals surface area contributed by atoms with Crippen LogP contribution in [0.3, 0.4) is 0 Å². The van der Waals surface area contributed by atoms with E-state index in [2.05, 4.69) is 71.6 Å². The minimum Gasteiger partial charge on any atom is -0.488 e. The van der Waals surface area contributed by atoms with Crippen LogP contribution in [0.25, 0.3) is 11.0 Å². The molecule has 0 saturated heterocycles. The molecule has 0 bridgehead atoms. The van der Waals surface area contributed by atoms with Gasteiger partial charge in [-0.3, -0.25) is 4.79 Å². The van der Waals surface area contributed by atoms with Crippen molar-refractivity contribution >= 4 is 90.2 Å². The number of aromatic carboxylic acids is 1. The van der Waals surface area contributed by atoms with Crippen LogP contribution >= 0.6 is 61.1 Å². The van der Waals surface area contributed by atoms with Crippen molar-refractivity contribution in [2.75, 3.05) is 0 Å². The number of hydrazone groups is 1. The summed E-state index contributed by atoms with van der Waals surface area (Å²) >= 11 is 7.75. The number of carboxylic acids is 1. The first-order valence-electron chi connectivity index (χ1n) is 9.77. The summed E-state index contributed by atoms with van der Waals surface area (Å²) < 4.78 is 14.2. The van der Waals surface area contributed by atoms with Crippen LogP contribution in [0, 0.1) is 7.14 Å². The van der Waals surface area contributed by atoms with Crippen molar-refractivity contribution in [2.45, 2.75) is 6.61 Å². The minimum atomic E-state index is -0.962. The quantitative estimate of drug-likeness (QED) is 0.129. The number of benzene rings is 3. The molecule has 7 nitrogen and oxygen atoms in total. The fourth-order valence-corrected chi connectivity index (χ4v) is 5.38. The van der Waals surface area contributed by atoms with Crippen molar-refractivity contribution in [3.05, 3.63) is 94.7 Å². The van der Waals surface area contributed by atoms with Crippen LogP contribution in [0.5, 0.6) is 5.75 Å². The molecule has 0 spiro atoms. The zero-order valence-electron chi connectivity index (χ0n) is 17.2. The van der Waals surface area contributed by atoms with Crippen LogP contribution in [0.2, 0.25) is 0 Å². The Morgan fingerprint density at radius 2 is 1.82 bits per heavy atom. The molecule has 10 heteroatoms. The Balaban J connectivity index is 1.36. The lowest BCUT2D eigenvalue weighted by molar-refractivity contribution is 0.0696. The van der Waals surface area contributed by atoms with Crippen LogP contribution in [-0.2, 0) is 6.61 Å². The molecule has 0 aliphatic carbocycles. The number of hydrogen-bond acceptors (Lipinski definition) is 5. The van der Waals surface area contributed by atoms with Crippen molar-refractivity contribution in [3.63, 3.8) is 0 Å². The maximum Gasteiger partial charge on any atom is 0.335 e. The number of rotatable bonds is 7. The summed E-state index contributed by atoms with van der Waals surface area (Å²) in [6, 6.07) is 17.5. The van der Waals surface area contributed by atoms with E-state index in [0.29, 0.717) is 17.9 Å². The van der Waals surface area contributed by atoms with Crippen LogP contribution in [-0.4, -0.2) is 23.2 Å². The Hall–Kier alpha value is -2.45. The van der Waals surface area contributed by atoms with Gasteiger partial charge < -0.3 is 14.3 Å². The maximum absolute atomic E-state index is 12.4. The summed E-state index contributed by atoms with van der Waals surface area (Å²) in [6.45, 7) is 0.312. The molecule has 3 aromatic carbocycles. The molecular weight excluding hydrogens is 730 g/mol. The van der Waals surface area contributed by atoms with Gasteiger partial charge in [0.05, 0.1) is 18.9 Å². The van der Waals surface area contributed by atoms with E-state index in [4.69, 9.17) is 14.3 Å². The van der Waals surface area contributed by atoms with E-state index < -0.39 is 11.9 Å². The number of nitrogens with zero attached hydrogens (tertiary/aromatic N) is 1. The molecule has 1 heterocycles. The minimum absolute atomic E-state index is 0.179. The number of carbonyl (C=O) groups is 2. The number of nitrogens with one attached hydrogen (secondary N) is 1. The Morgan fingerprint density at radius 3 is 2.53 bits per heavy atom. The largest absolute Gasteiger partial charge is 0.488 e. The molecule has 172 valence electrons. The molecule has 0 saturated carbocycles. The molecular formula is C24H15BrI2N2O5. The van der Waals surface area contributed by atoms with Crippen molar-refractivity contribution in [3.8, 4) is 5.75 Å². The third-order valence-corrected chi connectivity index (χ3v) is 6.79. The average Bonchev–Trinajstić information content (AvgIpc) is 3.23. The highest BCUT2D eigenvalue weighted by Crippen LogP contribution is 2.28. The van der Waals surface area contributed by atoms with Gasteiger partial charge in [-0.1, -0.05) is 28.1 Å². The lowest BCUT2D eigenvalue weighted by Gasteiger charge is -2.09. The molecule has 1 amide bonds. The number of furan rings is 1. The van der Waals surface area contributed by atoms with Crippen LogP contribution < -0.4 is 10.2 Å². The van der Waals surface area contributed by atoms with E-state index in [9.17, 15) is 9.59 Å². The summed E-state index contributed by atoms with van der Waals surface area (Å²) in [5.74, 6) is -0.538. The zero-order chi connectivity index (χ0) is 24.2. The van der Waals surface area contributed by atoms with Crippen molar-refractivity contribution in [1.82, 2.24) is 5.43 Å². The summed E-state index contributed by atoms with van der Waals surface area (Å²) in [5.41, 5.74) is 5.02. The summed E-state index contributed by atoms with van der Waals surface area (Å²) in [7, 11) is 0. The van der Waals surface area contributed by atoms with Crippen LogP contribution in [0.15, 0.2) is 74.7 Å². The molecule has 2 N–H and O–H groups in total. The fraction of sp³-hybridized carbons (Fsp3) is 0.0417. The van der Waals surface area contributed by atoms with Gasteiger partial charge in [-0.05, 0) is 105 Å². The number of ether oxygens (including phenoxy) is 1. The third-order valence-electron chi connectivity index (χ3n) is 4.69. The van der Waals surface area contributed by atoms with Gasteiger partial charge in [0.25, 0.3) is 0 Å². The highest BCUT2D eigenvalue weighted by atomic mass is 127. The predicted molar refractivity (Wildman–Crippen MR) is 149 cm³/mol. The van der Waals surface area contributed by atoms with Crippen molar-refractivity contribution in [2.24, 2.45) is 5.10 Å². The van der Waals surface area contributed by atoms with Gasteiger partial charge >= 0.3 is 11.9 Å². The fourth-order valence-electron chi connectivity index (χ4n) is 3.03. The Labute approximate surface area is 230 Å². The van der Waals surface area contributed by atoms with E-state index >= 15 is 0 Å². The summed E-state index contributed by atoms with van der Waals surface area (Å²) in [5, 5.41) is 13.8. The molecule has 0 unspecified atom stereocenters. The maximum atomic E-state index is 12.4. The van der Waals surface area contributed by atoms with E-state index in [0.717, 1.165) is 28.1 Å². The molecule has 1 aromatic heterocycles. The highest BCUT2D eigenvalue weighted by Gasteiger charge is 2.14. The molecule has 0 fully saturated rings. The van der Waals surface area contributed by atoms with Crippen LogP contribution in [0.4, 0.5) is 0 Å². The van der Waals surface area contributed by atoms with E-state index in [-0.39, 0.29) is 11.3 Å². The summed E-state index contributed by atoms with van der Waals surface area (Å²) in [4.78, 5) is 23.4. The Morgan fingerprint density at radius 1 is 1.06 bits per heavy atom. The first-order chi connectivity index (χ1) is 16.3. The predicted octanol–water partition coefficient (Wildman–Crippen LogP) is 6.45. The van der Waals surface area contributed by atoms with Gasteiger partial charge in [0.15, 0.2) is 5.76 Å². The normalized spacial score (nSPS) is 11.1. The topological polar surface area (TPSA) is 101 Å². The van der Waals surface area contributed by atoms with Gasteiger partial charge in [-0.2, -0.15) is 5.10 Å². The van der Waals surface area contributed by atoms with Gasteiger partial charge in [-0.25, -0.2) is 10.2 Å². The Bertz CT molecular complexity index is 1420. The van der Waals surface area contributed by atoms with Crippen LogP contribution in [0.1, 0.15) is 32.0 Å². The number of halogens is 3. The van der Waals surface area contributed by atoms with E-state index in [1.165, 1.54) is 6.21 Å². The van der Waals surface area contributed by atoms with Gasteiger partial charge in [0.2, 0.25) is 0 Å². The average molecular weight is 745 g/mol. The molecule has 34 heavy (non-hydrogen) atoms. The SMILES string of the molecule is O=C(O)c1ccc(COc2ccc(/C=N\NC(=O)c3cc4cc(Br)cc(I)c4o3)cc2I)cc1. The number of fused-ring (bicyclic) bond motifs is 1. The van der Waals surface area contributed by atoms with E-state index in [1.54, 1.807) is 30.3 Å². The molecule has 0 aliphatic heterocycles. The third kappa shape index (κ3) is 5.96. The zero-order valence-corrected chi connectivity index (χ0v) is 23.1. The van der Waals surface area contributed by atoms with Gasteiger partial charge in [0, 0.05) is 9.86 Å². The number of carbonyl (C=O) groups excluding carboxylic acids is 1. The lowest BCUT2D eigenvalue weighted by Crippen LogP contribution is -2.16. The molecule has 0 aliphatic rings. The number of carboxylic acid groups (broad SMARTS) is 1. The second-order valence-electron chi connectivity index (χ2n) is 7.10. The highest BCUT2D eigenvalue weighted by molar-refractivity contribution is 14.1. The molecule has 0 atom stereocenters. The van der Waals surface area contributed by atoms with E-state index in [1.807, 2.05) is 30.3 Å². The molecule has 4 aromatic rings. The second kappa shape index (κ2) is 10.9. The molecule has 0 radical (unpaired) electrons. The number of hydrogen-bond donors (Lipinski definition) is 2. The first-order valence-corrected chi connectivity index (χ1v) is 12.7. The molecule has 4 rings (SSSR count). The smallest absolute Gasteiger partial charge is 0.335 e. The second-order valence-corrected chi connectivity index (χ2v) is 10.3. The first kappa shape index (κ1) is 24.7. The van der Waals surface area contributed by atoms with Crippen molar-refractivity contribution in [1.29, 1.82) is 0 Å². The van der Waals surface area contributed by atoms with Crippen molar-refractivity contribution < 1.29 is 23.8 Å². The van der Waals surface area contributed by atoms with Gasteiger partial charge in [0.1, 0.15) is 17.9 Å².